The molecule has 0 heterocycles. The molecule has 6 heavy (non-hydrogen) atoms. The second-order valence-corrected chi connectivity index (χ2v) is 1.49. The Balaban J connectivity index is 2.66. The minimum atomic E-state index is 0.361. The van der Waals surface area contributed by atoms with Crippen LogP contribution in [-0.2, 0) is 4.43 Å². The standard InChI is InChI=1S/C4H6OSi/c1-3-5-6-4-2/h3-4H,1-2H2. The number of hydrogen-bond donors (Lipinski definition) is 0. The van der Waals surface area contributed by atoms with Gasteiger partial charge in [0.2, 0.25) is 0 Å². The van der Waals surface area contributed by atoms with Crippen molar-refractivity contribution in [3.63, 3.8) is 0 Å². The van der Waals surface area contributed by atoms with Crippen molar-refractivity contribution in [1.82, 2.24) is 0 Å². The summed E-state index contributed by atoms with van der Waals surface area (Å²) in [5.74, 6) is 0. The molecule has 1 nitrogen and oxygen atoms in total. The molecule has 0 rings (SSSR count). The molecule has 2 radical (unpaired) electrons. The Bertz CT molecular complexity index is 43.5. The highest BCUT2D eigenvalue weighted by atomic mass is 28.2. The molecule has 0 bridgehead atoms. The Hall–Kier alpha value is -0.503. The average Bonchev–Trinajstić information content (AvgIpc) is 1.61. The van der Waals surface area contributed by atoms with E-state index in [1.807, 2.05) is 0 Å². The lowest BCUT2D eigenvalue weighted by Crippen LogP contribution is -1.82. The van der Waals surface area contributed by atoms with Gasteiger partial charge in [-0.25, -0.2) is 0 Å². The fourth-order valence-corrected chi connectivity index (χ4v) is 0.289. The van der Waals surface area contributed by atoms with Gasteiger partial charge in [0.15, 0.2) is 0 Å². The molecule has 2 heteroatoms. The van der Waals surface area contributed by atoms with E-state index in [0.29, 0.717) is 9.76 Å². The molecular weight excluding hydrogens is 92.1 g/mol. The van der Waals surface area contributed by atoms with Crippen molar-refractivity contribution in [3.05, 3.63) is 25.1 Å². The largest absolute Gasteiger partial charge is 0.542 e. The van der Waals surface area contributed by atoms with Gasteiger partial charge < -0.3 is 4.43 Å². The molecule has 0 aromatic rings. The fourth-order valence-electron chi connectivity index (χ4n) is 0.0962. The molecule has 0 saturated heterocycles. The lowest BCUT2D eigenvalue weighted by atomic mass is 11.2. The van der Waals surface area contributed by atoms with Gasteiger partial charge in [0.1, 0.15) is 0 Å². The number of hydrogen-bond acceptors (Lipinski definition) is 1. The Labute approximate surface area is 40.3 Å². The average molecular weight is 98.2 g/mol. The van der Waals surface area contributed by atoms with Gasteiger partial charge in [-0.2, -0.15) is 0 Å². The number of rotatable bonds is 3. The summed E-state index contributed by atoms with van der Waals surface area (Å²) in [4.78, 5) is 0. The summed E-state index contributed by atoms with van der Waals surface area (Å²) in [6, 6.07) is 0. The third kappa shape index (κ3) is 3.50. The first-order valence-electron chi connectivity index (χ1n) is 1.54. The molecular formula is C4H6OSi. The first-order chi connectivity index (χ1) is 2.91. The van der Waals surface area contributed by atoms with E-state index >= 15 is 0 Å². The van der Waals surface area contributed by atoms with Crippen molar-refractivity contribution in [2.75, 3.05) is 0 Å². The Morgan fingerprint density at radius 1 is 1.50 bits per heavy atom. The van der Waals surface area contributed by atoms with E-state index in [-0.39, 0.29) is 0 Å². The Kier molecular flexibility index (Phi) is 4.12. The second-order valence-electron chi connectivity index (χ2n) is 0.606. The smallest absolute Gasteiger partial charge is 0.341 e. The summed E-state index contributed by atoms with van der Waals surface area (Å²) < 4.78 is 4.66. The monoisotopic (exact) mass is 98.0 g/mol. The van der Waals surface area contributed by atoms with Gasteiger partial charge in [-0.1, -0.05) is 12.3 Å². The maximum atomic E-state index is 4.66. The van der Waals surface area contributed by atoms with Crippen molar-refractivity contribution in [1.29, 1.82) is 0 Å². The molecule has 0 aliphatic heterocycles. The molecule has 0 aliphatic carbocycles. The molecule has 0 unspecified atom stereocenters. The summed E-state index contributed by atoms with van der Waals surface area (Å²) in [7, 11) is 0.361. The van der Waals surface area contributed by atoms with Crippen molar-refractivity contribution < 1.29 is 4.43 Å². The van der Waals surface area contributed by atoms with E-state index in [1.54, 1.807) is 5.70 Å². The highest BCUT2D eigenvalue weighted by Gasteiger charge is 1.69. The van der Waals surface area contributed by atoms with Crippen molar-refractivity contribution in [3.8, 4) is 0 Å². The topological polar surface area (TPSA) is 9.23 Å². The molecule has 0 amide bonds. The predicted molar refractivity (Wildman–Crippen MR) is 27.2 cm³/mol. The predicted octanol–water partition coefficient (Wildman–Crippen LogP) is 0.909. The van der Waals surface area contributed by atoms with Crippen molar-refractivity contribution >= 4 is 9.76 Å². The third-order valence-corrected chi connectivity index (χ3v) is 0.704. The van der Waals surface area contributed by atoms with Crippen LogP contribution in [0.5, 0.6) is 0 Å². The maximum absolute atomic E-state index is 4.66. The highest BCUT2D eigenvalue weighted by Crippen LogP contribution is 1.65. The maximum Gasteiger partial charge on any atom is 0.341 e. The van der Waals surface area contributed by atoms with Gasteiger partial charge in [-0.3, -0.25) is 0 Å². The fraction of sp³-hybridized carbons (Fsp3) is 0. The molecule has 0 fully saturated rings. The van der Waals surface area contributed by atoms with Gasteiger partial charge in [-0.15, -0.1) is 6.58 Å². The van der Waals surface area contributed by atoms with Crippen LogP contribution >= 0.6 is 0 Å². The SMILES string of the molecule is C=CO[Si]C=C. The quantitative estimate of drug-likeness (QED) is 0.289. The van der Waals surface area contributed by atoms with Crippen LogP contribution in [0.4, 0.5) is 0 Å². The van der Waals surface area contributed by atoms with E-state index in [1.165, 1.54) is 6.26 Å². The zero-order valence-corrected chi connectivity index (χ0v) is 4.48. The zero-order valence-electron chi connectivity index (χ0n) is 3.48. The van der Waals surface area contributed by atoms with Crippen LogP contribution in [0.3, 0.4) is 0 Å². The molecule has 0 saturated carbocycles. The van der Waals surface area contributed by atoms with Crippen molar-refractivity contribution in [2.45, 2.75) is 0 Å². The van der Waals surface area contributed by atoms with Gasteiger partial charge >= 0.3 is 9.76 Å². The van der Waals surface area contributed by atoms with Crippen LogP contribution < -0.4 is 0 Å². The van der Waals surface area contributed by atoms with Gasteiger partial charge in [0.25, 0.3) is 0 Å². The first kappa shape index (κ1) is 5.50. The van der Waals surface area contributed by atoms with Crippen LogP contribution in [0.15, 0.2) is 25.1 Å². The highest BCUT2D eigenvalue weighted by molar-refractivity contribution is 6.34. The summed E-state index contributed by atoms with van der Waals surface area (Å²) in [6.07, 6.45) is 1.40. The van der Waals surface area contributed by atoms with Crippen LogP contribution in [0.25, 0.3) is 0 Å². The normalized spacial score (nSPS) is 6.67. The van der Waals surface area contributed by atoms with Crippen LogP contribution in [0, 0.1) is 0 Å². The van der Waals surface area contributed by atoms with Gasteiger partial charge in [0.05, 0.1) is 6.26 Å². The second kappa shape index (κ2) is 4.50. The minimum absolute atomic E-state index is 0.361. The van der Waals surface area contributed by atoms with E-state index in [0.717, 1.165) is 0 Å². The van der Waals surface area contributed by atoms with Crippen LogP contribution in [0.1, 0.15) is 0 Å². The molecule has 0 aliphatic rings. The molecule has 0 aromatic carbocycles. The zero-order chi connectivity index (χ0) is 4.83. The summed E-state index contributed by atoms with van der Waals surface area (Å²) in [5.41, 5.74) is 1.70. The summed E-state index contributed by atoms with van der Waals surface area (Å²) in [6.45, 7) is 6.77. The van der Waals surface area contributed by atoms with Crippen LogP contribution in [0.2, 0.25) is 0 Å². The van der Waals surface area contributed by atoms with E-state index in [4.69, 9.17) is 0 Å². The van der Waals surface area contributed by atoms with Crippen molar-refractivity contribution in [2.24, 2.45) is 0 Å². The van der Waals surface area contributed by atoms with E-state index in [2.05, 4.69) is 17.6 Å². The Morgan fingerprint density at radius 2 is 2.17 bits per heavy atom. The first-order valence-corrected chi connectivity index (χ1v) is 2.53. The van der Waals surface area contributed by atoms with Crippen LogP contribution in [-0.4, -0.2) is 9.76 Å². The lowest BCUT2D eigenvalue weighted by molar-refractivity contribution is 0.526. The molecule has 0 atom stereocenters. The molecule has 32 valence electrons. The summed E-state index contributed by atoms with van der Waals surface area (Å²) in [5, 5.41) is 0. The van der Waals surface area contributed by atoms with Gasteiger partial charge in [-0.05, 0) is 0 Å². The van der Waals surface area contributed by atoms with E-state index in [9.17, 15) is 0 Å². The van der Waals surface area contributed by atoms with E-state index < -0.39 is 0 Å². The van der Waals surface area contributed by atoms with Gasteiger partial charge in [0, 0.05) is 0 Å². The summed E-state index contributed by atoms with van der Waals surface area (Å²) >= 11 is 0. The molecule has 0 aromatic heterocycles. The lowest BCUT2D eigenvalue weighted by Gasteiger charge is -1.83. The Morgan fingerprint density at radius 3 is 2.33 bits per heavy atom. The molecule has 0 spiro atoms. The third-order valence-electron chi connectivity index (χ3n) is 0.235. The minimum Gasteiger partial charge on any atom is -0.542 e. The molecule has 0 N–H and O–H groups in total.